The van der Waals surface area contributed by atoms with Crippen molar-refractivity contribution >= 4 is 40.7 Å². The van der Waals surface area contributed by atoms with Crippen LogP contribution in [0.1, 0.15) is 31.2 Å². The number of nitrogens with one attached hydrogen (secondary N) is 1. The molecule has 0 saturated heterocycles. The lowest BCUT2D eigenvalue weighted by molar-refractivity contribution is -0.254. The van der Waals surface area contributed by atoms with Gasteiger partial charge in [0.15, 0.2) is 0 Å². The van der Waals surface area contributed by atoms with Crippen LogP contribution in [0, 0.1) is 6.92 Å². The molecule has 3 rings (SSSR count). The van der Waals surface area contributed by atoms with Crippen molar-refractivity contribution in [3.05, 3.63) is 81.5 Å². The molecule has 0 atom stereocenters. The fraction of sp³-hybridized carbons (Fsp3) is 0.100. The summed E-state index contributed by atoms with van der Waals surface area (Å²) in [6.45, 7) is 2.06. The van der Waals surface area contributed by atoms with Gasteiger partial charge < -0.3 is 15.2 Å². The fourth-order valence-electron chi connectivity index (χ4n) is 2.31. The standard InChI is InChI=1S/C20H17NO3S2/c1-13-2-8-16(9-3-13)26-12-14-4-6-15(7-5-14)19(22)21-17-10-11-25-18(17)20(23)24/h2-11H,12H2,1H3,(H,21,22)(H,23,24)/p-1. The molecule has 0 bridgehead atoms. The molecule has 0 radical (unpaired) electrons. The van der Waals surface area contributed by atoms with Crippen molar-refractivity contribution < 1.29 is 14.7 Å². The summed E-state index contributed by atoms with van der Waals surface area (Å²) in [5.74, 6) is -0.827. The second-order valence-electron chi connectivity index (χ2n) is 5.70. The van der Waals surface area contributed by atoms with Gasteiger partial charge in [0.25, 0.3) is 5.91 Å². The van der Waals surface area contributed by atoms with Gasteiger partial charge in [0.2, 0.25) is 0 Å². The second-order valence-corrected chi connectivity index (χ2v) is 7.67. The maximum Gasteiger partial charge on any atom is 0.255 e. The normalized spacial score (nSPS) is 10.5. The summed E-state index contributed by atoms with van der Waals surface area (Å²) in [7, 11) is 0. The Kier molecular flexibility index (Phi) is 5.75. The first kappa shape index (κ1) is 18.2. The van der Waals surface area contributed by atoms with E-state index in [1.807, 2.05) is 12.1 Å². The van der Waals surface area contributed by atoms with Crippen LogP contribution in [0.2, 0.25) is 0 Å². The minimum Gasteiger partial charge on any atom is -0.544 e. The number of thioether (sulfide) groups is 1. The van der Waals surface area contributed by atoms with Crippen molar-refractivity contribution in [1.29, 1.82) is 0 Å². The van der Waals surface area contributed by atoms with Crippen LogP contribution in [0.25, 0.3) is 0 Å². The Labute approximate surface area is 159 Å². The van der Waals surface area contributed by atoms with Crippen LogP contribution in [0.4, 0.5) is 5.69 Å². The number of carbonyl (C=O) groups is 2. The highest BCUT2D eigenvalue weighted by Crippen LogP contribution is 2.24. The van der Waals surface area contributed by atoms with Crippen LogP contribution in [-0.4, -0.2) is 11.9 Å². The van der Waals surface area contributed by atoms with Crippen molar-refractivity contribution in [2.24, 2.45) is 0 Å². The summed E-state index contributed by atoms with van der Waals surface area (Å²) in [5.41, 5.74) is 3.08. The fourth-order valence-corrected chi connectivity index (χ4v) is 3.85. The first-order chi connectivity index (χ1) is 12.5. The number of aryl methyl sites for hydroxylation is 1. The zero-order valence-corrected chi connectivity index (χ0v) is 15.7. The largest absolute Gasteiger partial charge is 0.544 e. The smallest absolute Gasteiger partial charge is 0.255 e. The third-order valence-corrected chi connectivity index (χ3v) is 5.72. The van der Waals surface area contributed by atoms with E-state index in [4.69, 9.17) is 0 Å². The number of benzene rings is 2. The molecule has 0 saturated carbocycles. The molecule has 1 aromatic heterocycles. The Hall–Kier alpha value is -2.57. The lowest BCUT2D eigenvalue weighted by Gasteiger charge is -2.08. The van der Waals surface area contributed by atoms with E-state index in [2.05, 4.69) is 36.5 Å². The van der Waals surface area contributed by atoms with Crippen molar-refractivity contribution in [3.8, 4) is 0 Å². The average Bonchev–Trinajstić information content (AvgIpc) is 3.10. The Morgan fingerprint density at radius 2 is 1.73 bits per heavy atom. The zero-order valence-electron chi connectivity index (χ0n) is 14.0. The number of aromatic carboxylic acids is 1. The average molecular weight is 382 g/mol. The maximum absolute atomic E-state index is 12.3. The number of rotatable bonds is 6. The maximum atomic E-state index is 12.3. The molecular formula is C20H16NO3S2-. The van der Waals surface area contributed by atoms with Crippen LogP contribution in [-0.2, 0) is 5.75 Å². The third-order valence-electron chi connectivity index (χ3n) is 3.74. The summed E-state index contributed by atoms with van der Waals surface area (Å²) in [6, 6.07) is 17.2. The molecule has 0 spiro atoms. The molecule has 132 valence electrons. The minimum atomic E-state index is -1.29. The number of thiophene rings is 1. The third kappa shape index (κ3) is 4.53. The van der Waals surface area contributed by atoms with E-state index in [0.717, 1.165) is 22.7 Å². The number of carbonyl (C=O) groups excluding carboxylic acids is 2. The van der Waals surface area contributed by atoms with Crippen molar-refractivity contribution in [1.82, 2.24) is 0 Å². The number of amides is 1. The molecule has 0 aliphatic rings. The molecule has 1 heterocycles. The Morgan fingerprint density at radius 3 is 2.38 bits per heavy atom. The van der Waals surface area contributed by atoms with Crippen LogP contribution >= 0.6 is 23.1 Å². The van der Waals surface area contributed by atoms with E-state index in [1.54, 1.807) is 35.3 Å². The molecule has 0 fully saturated rings. The van der Waals surface area contributed by atoms with E-state index >= 15 is 0 Å². The van der Waals surface area contributed by atoms with Crippen LogP contribution in [0.15, 0.2) is 64.9 Å². The molecule has 1 amide bonds. The summed E-state index contributed by atoms with van der Waals surface area (Å²) >= 11 is 2.76. The molecule has 0 unspecified atom stereocenters. The van der Waals surface area contributed by atoms with E-state index in [1.165, 1.54) is 10.5 Å². The van der Waals surface area contributed by atoms with E-state index < -0.39 is 5.97 Å². The predicted octanol–water partition coefficient (Wildman–Crippen LogP) is 3.96. The SMILES string of the molecule is Cc1ccc(SCc2ccc(C(=O)Nc3ccsc3C(=O)[O-])cc2)cc1. The van der Waals surface area contributed by atoms with Crippen molar-refractivity contribution in [2.75, 3.05) is 5.32 Å². The quantitative estimate of drug-likeness (QED) is 0.655. The number of hydrogen-bond acceptors (Lipinski definition) is 5. The topological polar surface area (TPSA) is 69.2 Å². The van der Waals surface area contributed by atoms with Gasteiger partial charge in [0.05, 0.1) is 16.5 Å². The van der Waals surface area contributed by atoms with Gasteiger partial charge in [0, 0.05) is 16.2 Å². The highest BCUT2D eigenvalue weighted by molar-refractivity contribution is 7.98. The monoisotopic (exact) mass is 382 g/mol. The predicted molar refractivity (Wildman–Crippen MR) is 104 cm³/mol. The van der Waals surface area contributed by atoms with Gasteiger partial charge in [-0.05, 0) is 48.2 Å². The molecule has 26 heavy (non-hydrogen) atoms. The van der Waals surface area contributed by atoms with Crippen LogP contribution in [0.5, 0.6) is 0 Å². The van der Waals surface area contributed by atoms with Crippen molar-refractivity contribution in [2.45, 2.75) is 17.6 Å². The van der Waals surface area contributed by atoms with E-state index in [-0.39, 0.29) is 16.5 Å². The summed E-state index contributed by atoms with van der Waals surface area (Å²) in [6.07, 6.45) is 0. The first-order valence-corrected chi connectivity index (χ1v) is 9.78. The summed E-state index contributed by atoms with van der Waals surface area (Å²) in [5, 5.41) is 15.2. The summed E-state index contributed by atoms with van der Waals surface area (Å²) < 4.78 is 0. The van der Waals surface area contributed by atoms with Crippen LogP contribution in [0.3, 0.4) is 0 Å². The highest BCUT2D eigenvalue weighted by Gasteiger charge is 2.11. The molecule has 0 aliphatic carbocycles. The van der Waals surface area contributed by atoms with Gasteiger partial charge in [-0.15, -0.1) is 23.1 Å². The first-order valence-electron chi connectivity index (χ1n) is 7.91. The molecule has 6 heteroatoms. The number of anilines is 1. The van der Waals surface area contributed by atoms with E-state index in [0.29, 0.717) is 5.56 Å². The Balaban J connectivity index is 1.61. The molecular weight excluding hydrogens is 366 g/mol. The van der Waals surface area contributed by atoms with Gasteiger partial charge in [-0.3, -0.25) is 4.79 Å². The molecule has 4 nitrogen and oxygen atoms in total. The minimum absolute atomic E-state index is 0.0180. The molecule has 3 aromatic rings. The molecule has 1 N–H and O–H groups in total. The number of hydrogen-bond donors (Lipinski definition) is 1. The van der Waals surface area contributed by atoms with E-state index in [9.17, 15) is 14.7 Å². The highest BCUT2D eigenvalue weighted by atomic mass is 32.2. The van der Waals surface area contributed by atoms with Gasteiger partial charge >= 0.3 is 0 Å². The van der Waals surface area contributed by atoms with Gasteiger partial charge in [-0.25, -0.2) is 0 Å². The van der Waals surface area contributed by atoms with Gasteiger partial charge in [0.1, 0.15) is 0 Å². The lowest BCUT2D eigenvalue weighted by atomic mass is 10.1. The Morgan fingerprint density at radius 1 is 1.04 bits per heavy atom. The Bertz CT molecular complexity index is 915. The summed E-state index contributed by atoms with van der Waals surface area (Å²) in [4.78, 5) is 24.5. The van der Waals surface area contributed by atoms with Gasteiger partial charge in [-0.2, -0.15) is 0 Å². The van der Waals surface area contributed by atoms with Gasteiger partial charge in [-0.1, -0.05) is 29.8 Å². The second kappa shape index (κ2) is 8.21. The molecule has 0 aliphatic heterocycles. The lowest BCUT2D eigenvalue weighted by Crippen LogP contribution is -2.23. The number of carboxylic acid groups (broad SMARTS) is 1. The van der Waals surface area contributed by atoms with Crippen LogP contribution < -0.4 is 10.4 Å². The number of carboxylic acids is 1. The van der Waals surface area contributed by atoms with Crippen molar-refractivity contribution in [3.63, 3.8) is 0 Å². The molecule has 2 aromatic carbocycles. The zero-order chi connectivity index (χ0) is 18.5.